The molecule has 1 aromatic rings. The molecule has 0 amide bonds. The Balaban J connectivity index is 0.00000529. The van der Waals surface area contributed by atoms with Crippen molar-refractivity contribution >= 4 is 5.82 Å². The molecule has 140 valence electrons. The van der Waals surface area contributed by atoms with Crippen molar-refractivity contribution in [3.63, 3.8) is 0 Å². The van der Waals surface area contributed by atoms with Crippen LogP contribution in [-0.4, -0.2) is 0 Å². The fourth-order valence-corrected chi connectivity index (χ4v) is 3.21. The minimum atomic E-state index is 0. The number of pyridine rings is 1. The van der Waals surface area contributed by atoms with E-state index in [2.05, 4.69) is 18.0 Å². The summed E-state index contributed by atoms with van der Waals surface area (Å²) in [4.78, 5) is 3.08. The average molecular weight is 399 g/mol. The van der Waals surface area contributed by atoms with Gasteiger partial charge in [-0.05, 0) is 25.0 Å². The van der Waals surface area contributed by atoms with Crippen LogP contribution in [0.3, 0.4) is 0 Å². The summed E-state index contributed by atoms with van der Waals surface area (Å²) in [5.41, 5.74) is 7.19. The number of nitrogens with two attached hydrogens (primary N) is 1. The number of aromatic nitrogens is 1. The third-order valence-electron chi connectivity index (χ3n) is 4.78. The van der Waals surface area contributed by atoms with Crippen LogP contribution in [-0.2, 0) is 6.42 Å². The van der Waals surface area contributed by atoms with Gasteiger partial charge in [-0.1, -0.05) is 90.4 Å². The molecule has 0 aliphatic rings. The Hall–Kier alpha value is -0.570. The maximum Gasteiger partial charge on any atom is 0.273 e. The van der Waals surface area contributed by atoms with E-state index in [9.17, 15) is 0 Å². The van der Waals surface area contributed by atoms with Gasteiger partial charge in [-0.3, -0.25) is 5.73 Å². The molecule has 0 atom stereocenters. The zero-order chi connectivity index (χ0) is 16.6. The van der Waals surface area contributed by atoms with Crippen molar-refractivity contribution in [2.75, 3.05) is 5.73 Å². The lowest BCUT2D eigenvalue weighted by Gasteiger charge is -2.03. The molecule has 0 fully saturated rings. The molecule has 0 aliphatic carbocycles. The van der Waals surface area contributed by atoms with Gasteiger partial charge in [0.05, 0.1) is 6.20 Å². The number of halogens is 1. The van der Waals surface area contributed by atoms with Gasteiger partial charge in [0.1, 0.15) is 0 Å². The van der Waals surface area contributed by atoms with Crippen LogP contribution in [0.25, 0.3) is 0 Å². The van der Waals surface area contributed by atoms with E-state index in [1.54, 1.807) is 0 Å². The first kappa shape index (κ1) is 23.4. The molecule has 0 bridgehead atoms. The van der Waals surface area contributed by atoms with E-state index in [1.807, 2.05) is 12.3 Å². The molecule has 24 heavy (non-hydrogen) atoms. The Morgan fingerprint density at radius 1 is 0.750 bits per heavy atom. The van der Waals surface area contributed by atoms with Crippen molar-refractivity contribution in [3.05, 3.63) is 23.9 Å². The second kappa shape index (κ2) is 17.3. The van der Waals surface area contributed by atoms with Crippen LogP contribution in [0.5, 0.6) is 0 Å². The first-order chi connectivity index (χ1) is 11.3. The van der Waals surface area contributed by atoms with E-state index in [0.717, 1.165) is 12.2 Å². The summed E-state index contributed by atoms with van der Waals surface area (Å²) in [6.07, 6.45) is 22.8. The number of aryl methyl sites for hydroxylation is 1. The van der Waals surface area contributed by atoms with Crippen LogP contribution in [0.2, 0.25) is 0 Å². The monoisotopic (exact) mass is 398 g/mol. The zero-order valence-electron chi connectivity index (χ0n) is 15.8. The molecule has 1 aromatic heterocycles. The van der Waals surface area contributed by atoms with Crippen molar-refractivity contribution < 1.29 is 22.0 Å². The molecule has 2 nitrogen and oxygen atoms in total. The normalized spacial score (nSPS) is 10.5. The highest BCUT2D eigenvalue weighted by Crippen LogP contribution is 2.14. The van der Waals surface area contributed by atoms with Gasteiger partial charge >= 0.3 is 0 Å². The predicted octanol–water partition coefficient (Wildman–Crippen LogP) is 3.11. The van der Waals surface area contributed by atoms with Crippen LogP contribution < -0.4 is 27.7 Å². The van der Waals surface area contributed by atoms with E-state index in [4.69, 9.17) is 5.73 Å². The molecule has 0 saturated carbocycles. The maximum absolute atomic E-state index is 5.92. The molecule has 0 aromatic carbocycles. The molecular formula is C21H39BrN2. The fourth-order valence-electron chi connectivity index (χ4n) is 3.21. The van der Waals surface area contributed by atoms with Crippen molar-refractivity contribution in [1.29, 1.82) is 0 Å². The lowest BCUT2D eigenvalue weighted by Crippen LogP contribution is -3.00. The molecule has 1 rings (SSSR count). The van der Waals surface area contributed by atoms with Crippen LogP contribution in [0.1, 0.15) is 102 Å². The summed E-state index contributed by atoms with van der Waals surface area (Å²) >= 11 is 0. The largest absolute Gasteiger partial charge is 1.00 e. The predicted molar refractivity (Wildman–Crippen MR) is 101 cm³/mol. The Morgan fingerprint density at radius 2 is 1.21 bits per heavy atom. The minimum Gasteiger partial charge on any atom is -1.00 e. The summed E-state index contributed by atoms with van der Waals surface area (Å²) in [7, 11) is 0. The maximum atomic E-state index is 5.92. The van der Waals surface area contributed by atoms with Gasteiger partial charge < -0.3 is 17.0 Å². The molecule has 0 spiro atoms. The molecule has 1 heterocycles. The van der Waals surface area contributed by atoms with Crippen molar-refractivity contribution in [2.24, 2.45) is 0 Å². The van der Waals surface area contributed by atoms with Gasteiger partial charge in [-0.25, -0.2) is 4.98 Å². The van der Waals surface area contributed by atoms with Crippen molar-refractivity contribution in [3.8, 4) is 0 Å². The minimum absolute atomic E-state index is 0. The summed E-state index contributed by atoms with van der Waals surface area (Å²) in [5, 5.41) is 0. The SMILES string of the molecule is CCCCCCCCCCCCCCCCc1ccc[nH+]c1N.[Br-]. The van der Waals surface area contributed by atoms with E-state index in [-0.39, 0.29) is 17.0 Å². The Morgan fingerprint density at radius 3 is 1.67 bits per heavy atom. The molecule has 0 radical (unpaired) electrons. The molecule has 0 unspecified atom stereocenters. The number of nitrogen functional groups attached to an aromatic ring is 1. The summed E-state index contributed by atoms with van der Waals surface area (Å²) < 4.78 is 0. The van der Waals surface area contributed by atoms with Gasteiger partial charge in [0.15, 0.2) is 0 Å². The lowest BCUT2D eigenvalue weighted by molar-refractivity contribution is -0.361. The van der Waals surface area contributed by atoms with Crippen LogP contribution in [0, 0.1) is 0 Å². The Bertz CT molecular complexity index is 382. The third-order valence-corrected chi connectivity index (χ3v) is 4.78. The first-order valence-corrected chi connectivity index (χ1v) is 10.1. The number of nitrogens with one attached hydrogen (secondary N) is 1. The van der Waals surface area contributed by atoms with Crippen LogP contribution in [0.15, 0.2) is 18.3 Å². The van der Waals surface area contributed by atoms with Gasteiger partial charge in [0.25, 0.3) is 5.82 Å². The summed E-state index contributed by atoms with van der Waals surface area (Å²) in [5.74, 6) is 0.835. The van der Waals surface area contributed by atoms with Crippen molar-refractivity contribution in [2.45, 2.75) is 103 Å². The fraction of sp³-hybridized carbons (Fsp3) is 0.762. The number of unbranched alkanes of at least 4 members (excludes halogenated alkanes) is 13. The second-order valence-electron chi connectivity index (χ2n) is 6.96. The molecular weight excluding hydrogens is 360 g/mol. The topological polar surface area (TPSA) is 40.2 Å². The standard InChI is InChI=1S/C21H38N2.BrH/c1-2-3-4-5-6-7-8-9-10-11-12-13-14-15-17-20-18-16-19-23-21(20)22;/h16,18-19H,2-15,17H2,1H3,(H2,22,23);1H. The summed E-state index contributed by atoms with van der Waals surface area (Å²) in [6, 6.07) is 4.17. The van der Waals surface area contributed by atoms with Gasteiger partial charge in [-0.15, -0.1) is 0 Å². The van der Waals surface area contributed by atoms with Crippen molar-refractivity contribution in [1.82, 2.24) is 0 Å². The lowest BCUT2D eigenvalue weighted by atomic mass is 10.0. The average Bonchev–Trinajstić information content (AvgIpc) is 2.57. The van der Waals surface area contributed by atoms with E-state index in [0.29, 0.717) is 0 Å². The van der Waals surface area contributed by atoms with Gasteiger partial charge in [0.2, 0.25) is 0 Å². The second-order valence-corrected chi connectivity index (χ2v) is 6.96. The quantitative estimate of drug-likeness (QED) is 0.453. The number of H-pyrrole nitrogens is 1. The molecule has 0 saturated heterocycles. The summed E-state index contributed by atoms with van der Waals surface area (Å²) in [6.45, 7) is 2.29. The number of rotatable bonds is 15. The van der Waals surface area contributed by atoms with Gasteiger partial charge in [-0.2, -0.15) is 0 Å². The Labute approximate surface area is 160 Å². The number of hydrogen-bond donors (Lipinski definition) is 1. The number of anilines is 1. The highest BCUT2D eigenvalue weighted by atomic mass is 79.9. The first-order valence-electron chi connectivity index (χ1n) is 10.1. The highest BCUT2D eigenvalue weighted by Gasteiger charge is 2.02. The van der Waals surface area contributed by atoms with E-state index < -0.39 is 0 Å². The van der Waals surface area contributed by atoms with Crippen LogP contribution >= 0.6 is 0 Å². The zero-order valence-corrected chi connectivity index (χ0v) is 17.4. The van der Waals surface area contributed by atoms with Crippen LogP contribution in [0.4, 0.5) is 5.82 Å². The van der Waals surface area contributed by atoms with Gasteiger partial charge in [0, 0.05) is 5.56 Å². The Kier molecular flexibility index (Phi) is 16.8. The molecule has 3 N–H and O–H groups in total. The molecule has 0 aliphatic heterocycles. The number of aromatic amines is 1. The highest BCUT2D eigenvalue weighted by molar-refractivity contribution is 5.32. The smallest absolute Gasteiger partial charge is 0.273 e. The van der Waals surface area contributed by atoms with E-state index in [1.165, 1.54) is 95.5 Å². The molecule has 3 heteroatoms. The van der Waals surface area contributed by atoms with E-state index >= 15 is 0 Å². The third kappa shape index (κ3) is 12.8. The number of hydrogen-bond acceptors (Lipinski definition) is 1.